The van der Waals surface area contributed by atoms with Crippen molar-refractivity contribution in [3.63, 3.8) is 0 Å². The Balaban J connectivity index is 1.71. The van der Waals surface area contributed by atoms with E-state index < -0.39 is 5.97 Å². The molecular formula is C17H31N3O4. The quantitative estimate of drug-likeness (QED) is 0.731. The van der Waals surface area contributed by atoms with Crippen molar-refractivity contribution < 1.29 is 19.4 Å². The molecule has 1 heterocycles. The number of carbonyl (C=O) groups is 2. The van der Waals surface area contributed by atoms with Gasteiger partial charge < -0.3 is 20.1 Å². The van der Waals surface area contributed by atoms with Gasteiger partial charge in [-0.15, -0.1) is 0 Å². The molecule has 1 aliphatic heterocycles. The molecule has 0 radical (unpaired) electrons. The van der Waals surface area contributed by atoms with E-state index in [4.69, 9.17) is 9.84 Å². The van der Waals surface area contributed by atoms with Crippen LogP contribution in [0.3, 0.4) is 0 Å². The third-order valence-electron chi connectivity index (χ3n) is 5.45. The monoisotopic (exact) mass is 341 g/mol. The SMILES string of the molecule is CCN(CC(=O)O)C1CC(NC(=O)N2CCC(C)(COC)CC2)C1. The van der Waals surface area contributed by atoms with E-state index >= 15 is 0 Å². The smallest absolute Gasteiger partial charge is 0.317 e. The minimum Gasteiger partial charge on any atom is -0.480 e. The number of nitrogens with one attached hydrogen (secondary N) is 1. The number of ether oxygens (including phenoxy) is 1. The van der Waals surface area contributed by atoms with E-state index in [2.05, 4.69) is 12.2 Å². The van der Waals surface area contributed by atoms with E-state index in [1.807, 2.05) is 16.7 Å². The number of likely N-dealkylation sites (N-methyl/N-ethyl adjacent to an activating group) is 1. The van der Waals surface area contributed by atoms with Crippen molar-refractivity contribution >= 4 is 12.0 Å². The standard InChI is InChI=1S/C17H31N3O4/c1-4-19(11-15(21)22)14-9-13(10-14)18-16(23)20-7-5-17(2,6-8-20)12-24-3/h13-14H,4-12H2,1-3H3,(H,18,23)(H,21,22). The number of amides is 2. The van der Waals surface area contributed by atoms with Crippen LogP contribution in [0.15, 0.2) is 0 Å². The Kier molecular flexibility index (Phi) is 6.46. The molecule has 0 spiro atoms. The maximum absolute atomic E-state index is 12.4. The van der Waals surface area contributed by atoms with Crippen LogP contribution in [0.4, 0.5) is 4.79 Å². The minimum atomic E-state index is -0.795. The molecule has 2 amide bonds. The molecule has 2 rings (SSSR count). The summed E-state index contributed by atoms with van der Waals surface area (Å²) in [4.78, 5) is 27.1. The molecule has 0 aromatic rings. The summed E-state index contributed by atoms with van der Waals surface area (Å²) >= 11 is 0. The first-order valence-corrected chi connectivity index (χ1v) is 8.87. The molecule has 0 unspecified atom stereocenters. The number of hydrogen-bond acceptors (Lipinski definition) is 4. The summed E-state index contributed by atoms with van der Waals surface area (Å²) in [7, 11) is 1.72. The largest absolute Gasteiger partial charge is 0.480 e. The first-order valence-electron chi connectivity index (χ1n) is 8.87. The van der Waals surface area contributed by atoms with Gasteiger partial charge in [-0.25, -0.2) is 4.79 Å². The second-order valence-electron chi connectivity index (χ2n) is 7.46. The molecule has 0 atom stereocenters. The Morgan fingerprint density at radius 1 is 1.33 bits per heavy atom. The van der Waals surface area contributed by atoms with Crippen molar-refractivity contribution in [2.24, 2.45) is 5.41 Å². The van der Waals surface area contributed by atoms with Crippen molar-refractivity contribution in [3.05, 3.63) is 0 Å². The predicted octanol–water partition coefficient (Wildman–Crippen LogP) is 1.38. The van der Waals surface area contributed by atoms with Crippen LogP contribution in [0.25, 0.3) is 0 Å². The number of likely N-dealkylation sites (tertiary alicyclic amines) is 1. The average Bonchev–Trinajstić information content (AvgIpc) is 2.48. The first-order chi connectivity index (χ1) is 11.4. The summed E-state index contributed by atoms with van der Waals surface area (Å²) in [6.45, 7) is 7.25. The van der Waals surface area contributed by atoms with E-state index in [-0.39, 0.29) is 30.1 Å². The molecule has 7 nitrogen and oxygen atoms in total. The minimum absolute atomic E-state index is 0.0131. The van der Waals surface area contributed by atoms with Gasteiger partial charge in [0.05, 0.1) is 13.2 Å². The second-order valence-corrected chi connectivity index (χ2v) is 7.46. The van der Waals surface area contributed by atoms with Gasteiger partial charge >= 0.3 is 12.0 Å². The summed E-state index contributed by atoms with van der Waals surface area (Å²) in [5.41, 5.74) is 0.172. The molecule has 1 saturated carbocycles. The highest BCUT2D eigenvalue weighted by Gasteiger charge is 2.37. The highest BCUT2D eigenvalue weighted by molar-refractivity contribution is 5.74. The van der Waals surface area contributed by atoms with Gasteiger partial charge in [-0.3, -0.25) is 9.69 Å². The predicted molar refractivity (Wildman–Crippen MR) is 91.0 cm³/mol. The van der Waals surface area contributed by atoms with Crippen LogP contribution in [0.1, 0.15) is 39.5 Å². The molecule has 2 N–H and O–H groups in total. The molecule has 1 aliphatic carbocycles. The first kappa shape index (κ1) is 19.0. The van der Waals surface area contributed by atoms with Crippen LogP contribution < -0.4 is 5.32 Å². The molecule has 24 heavy (non-hydrogen) atoms. The topological polar surface area (TPSA) is 82.1 Å². The van der Waals surface area contributed by atoms with Gasteiger partial charge in [0, 0.05) is 32.3 Å². The Bertz CT molecular complexity index is 443. The summed E-state index contributed by atoms with van der Waals surface area (Å²) in [6, 6.07) is 0.444. The Hall–Kier alpha value is -1.34. The number of methoxy groups -OCH3 is 1. The molecule has 0 bridgehead atoms. The van der Waals surface area contributed by atoms with E-state index in [1.165, 1.54) is 0 Å². The maximum atomic E-state index is 12.4. The lowest BCUT2D eigenvalue weighted by molar-refractivity contribution is -0.139. The summed E-state index contributed by atoms with van der Waals surface area (Å²) < 4.78 is 5.28. The van der Waals surface area contributed by atoms with Crippen LogP contribution in [0.5, 0.6) is 0 Å². The lowest BCUT2D eigenvalue weighted by Crippen LogP contribution is -2.57. The van der Waals surface area contributed by atoms with E-state index in [0.29, 0.717) is 0 Å². The highest BCUT2D eigenvalue weighted by atomic mass is 16.5. The van der Waals surface area contributed by atoms with Gasteiger partial charge in [-0.2, -0.15) is 0 Å². The van der Waals surface area contributed by atoms with Crippen molar-refractivity contribution in [1.82, 2.24) is 15.1 Å². The van der Waals surface area contributed by atoms with Crippen molar-refractivity contribution in [2.75, 3.05) is 39.9 Å². The van der Waals surface area contributed by atoms with Gasteiger partial charge in [-0.05, 0) is 37.6 Å². The van der Waals surface area contributed by atoms with Crippen LogP contribution >= 0.6 is 0 Å². The number of hydrogen-bond donors (Lipinski definition) is 2. The molecule has 7 heteroatoms. The molecule has 2 aliphatic rings. The summed E-state index contributed by atoms with van der Waals surface area (Å²) in [6.07, 6.45) is 3.59. The van der Waals surface area contributed by atoms with Crippen LogP contribution in [0.2, 0.25) is 0 Å². The Morgan fingerprint density at radius 3 is 2.46 bits per heavy atom. The maximum Gasteiger partial charge on any atom is 0.317 e. The lowest BCUT2D eigenvalue weighted by atomic mass is 9.81. The average molecular weight is 341 g/mol. The fourth-order valence-electron chi connectivity index (χ4n) is 3.68. The number of carboxylic acid groups (broad SMARTS) is 1. The fraction of sp³-hybridized carbons (Fsp3) is 0.882. The van der Waals surface area contributed by atoms with Crippen molar-refractivity contribution in [3.8, 4) is 0 Å². The summed E-state index contributed by atoms with van der Waals surface area (Å²) in [5, 5.41) is 12.0. The number of aliphatic carboxylic acids is 1. The molecule has 138 valence electrons. The van der Waals surface area contributed by atoms with Crippen LogP contribution in [-0.2, 0) is 9.53 Å². The lowest BCUT2D eigenvalue weighted by Gasteiger charge is -2.44. The number of urea groups is 1. The Morgan fingerprint density at radius 2 is 1.96 bits per heavy atom. The third-order valence-corrected chi connectivity index (χ3v) is 5.45. The van der Waals surface area contributed by atoms with Crippen LogP contribution in [-0.4, -0.2) is 78.9 Å². The van der Waals surface area contributed by atoms with Gasteiger partial charge in [-0.1, -0.05) is 13.8 Å². The molecular weight excluding hydrogens is 310 g/mol. The Labute approximate surface area is 144 Å². The summed E-state index contributed by atoms with van der Waals surface area (Å²) in [5.74, 6) is -0.795. The molecule has 1 saturated heterocycles. The number of nitrogens with zero attached hydrogens (tertiary/aromatic N) is 2. The van der Waals surface area contributed by atoms with E-state index in [1.54, 1.807) is 7.11 Å². The van der Waals surface area contributed by atoms with Gasteiger partial charge in [0.1, 0.15) is 0 Å². The third kappa shape index (κ3) is 4.83. The van der Waals surface area contributed by atoms with Crippen molar-refractivity contribution in [1.29, 1.82) is 0 Å². The zero-order chi connectivity index (χ0) is 17.7. The fourth-order valence-corrected chi connectivity index (χ4v) is 3.68. The molecule has 0 aromatic carbocycles. The highest BCUT2D eigenvalue weighted by Crippen LogP contribution is 2.31. The van der Waals surface area contributed by atoms with Gasteiger partial charge in [0.2, 0.25) is 0 Å². The second kappa shape index (κ2) is 8.16. The number of carbonyl (C=O) groups excluding carboxylic acids is 1. The number of piperidine rings is 1. The zero-order valence-corrected chi connectivity index (χ0v) is 15.1. The normalized spacial score (nSPS) is 26.1. The van der Waals surface area contributed by atoms with Gasteiger partial charge in [0.15, 0.2) is 0 Å². The molecule has 0 aromatic heterocycles. The van der Waals surface area contributed by atoms with E-state index in [0.717, 1.165) is 51.9 Å². The number of carboxylic acids is 1. The van der Waals surface area contributed by atoms with E-state index in [9.17, 15) is 9.59 Å². The number of rotatable bonds is 7. The van der Waals surface area contributed by atoms with Gasteiger partial charge in [0.25, 0.3) is 0 Å². The zero-order valence-electron chi connectivity index (χ0n) is 15.1. The van der Waals surface area contributed by atoms with Crippen LogP contribution in [0, 0.1) is 5.41 Å². The molecule has 2 fully saturated rings. The van der Waals surface area contributed by atoms with Crippen molar-refractivity contribution in [2.45, 2.75) is 51.6 Å².